The van der Waals surface area contributed by atoms with Crippen LogP contribution in [0.4, 0.5) is 0 Å². The highest BCUT2D eigenvalue weighted by molar-refractivity contribution is 7.89. The van der Waals surface area contributed by atoms with E-state index < -0.39 is 10.0 Å². The molecule has 0 radical (unpaired) electrons. The van der Waals surface area contributed by atoms with Gasteiger partial charge in [0.2, 0.25) is 10.0 Å². The number of rotatable bonds is 4. The molecule has 2 rings (SSSR count). The van der Waals surface area contributed by atoms with E-state index in [1.807, 2.05) is 6.92 Å². The molecule has 19 heavy (non-hydrogen) atoms. The van der Waals surface area contributed by atoms with E-state index in [1.54, 1.807) is 24.3 Å². The van der Waals surface area contributed by atoms with E-state index in [9.17, 15) is 13.5 Å². The topological polar surface area (TPSA) is 66.4 Å². The van der Waals surface area contributed by atoms with Crippen LogP contribution < -0.4 is 4.72 Å². The van der Waals surface area contributed by atoms with E-state index in [0.29, 0.717) is 5.56 Å². The van der Waals surface area contributed by atoms with Crippen molar-refractivity contribution in [3.63, 3.8) is 0 Å². The smallest absolute Gasteiger partial charge is 0.241 e. The van der Waals surface area contributed by atoms with Gasteiger partial charge in [0.1, 0.15) is 0 Å². The van der Waals surface area contributed by atoms with E-state index in [0.717, 1.165) is 25.7 Å². The Hall–Kier alpha value is -0.910. The Bertz CT molecular complexity index is 533. The molecule has 1 aliphatic carbocycles. The van der Waals surface area contributed by atoms with Gasteiger partial charge in [-0.3, -0.25) is 0 Å². The summed E-state index contributed by atoms with van der Waals surface area (Å²) in [6.45, 7) is 1.69. The first-order valence-corrected chi connectivity index (χ1v) is 8.18. The third-order valence-electron chi connectivity index (χ3n) is 3.77. The normalized spacial score (nSPS) is 19.3. The van der Waals surface area contributed by atoms with Crippen LogP contribution in [-0.2, 0) is 16.6 Å². The Labute approximate surface area is 114 Å². The summed E-state index contributed by atoms with van der Waals surface area (Å²) in [4.78, 5) is 0.185. The van der Waals surface area contributed by atoms with Crippen LogP contribution in [0.5, 0.6) is 0 Å². The molecule has 1 saturated carbocycles. The number of hydrogen-bond donors (Lipinski definition) is 2. The molecule has 1 aromatic rings. The van der Waals surface area contributed by atoms with Crippen molar-refractivity contribution in [1.82, 2.24) is 4.72 Å². The van der Waals surface area contributed by atoms with E-state index in [2.05, 4.69) is 4.72 Å². The second-order valence-electron chi connectivity index (χ2n) is 5.49. The van der Waals surface area contributed by atoms with Gasteiger partial charge in [-0.15, -0.1) is 0 Å². The van der Waals surface area contributed by atoms with Crippen molar-refractivity contribution < 1.29 is 13.5 Å². The molecular weight excluding hydrogens is 262 g/mol. The number of sulfonamides is 1. The van der Waals surface area contributed by atoms with E-state index >= 15 is 0 Å². The van der Waals surface area contributed by atoms with Crippen LogP contribution in [0.1, 0.15) is 44.6 Å². The summed E-state index contributed by atoms with van der Waals surface area (Å²) in [6, 6.07) is 6.58. The van der Waals surface area contributed by atoms with Crippen molar-refractivity contribution in [3.8, 4) is 0 Å². The molecule has 0 aromatic heterocycles. The minimum Gasteiger partial charge on any atom is -0.392 e. The zero-order chi connectivity index (χ0) is 13.9. The van der Waals surface area contributed by atoms with Crippen molar-refractivity contribution in [3.05, 3.63) is 29.8 Å². The summed E-state index contributed by atoms with van der Waals surface area (Å²) >= 11 is 0. The van der Waals surface area contributed by atoms with Gasteiger partial charge in [-0.1, -0.05) is 37.5 Å². The number of aliphatic hydroxyl groups is 1. The van der Waals surface area contributed by atoms with Gasteiger partial charge in [0.25, 0.3) is 0 Å². The maximum absolute atomic E-state index is 12.5. The van der Waals surface area contributed by atoms with Gasteiger partial charge in [-0.05, 0) is 31.4 Å². The molecular formula is C14H21NO3S. The molecule has 0 unspecified atom stereocenters. The molecule has 0 spiro atoms. The largest absolute Gasteiger partial charge is 0.392 e. The first kappa shape index (κ1) is 14.5. The van der Waals surface area contributed by atoms with Crippen LogP contribution in [0.3, 0.4) is 0 Å². The molecule has 106 valence electrons. The number of hydrogen-bond acceptors (Lipinski definition) is 3. The minimum atomic E-state index is -3.57. The lowest BCUT2D eigenvalue weighted by Gasteiger charge is -2.34. The van der Waals surface area contributed by atoms with Crippen LogP contribution in [-0.4, -0.2) is 19.1 Å². The second-order valence-corrected chi connectivity index (χ2v) is 7.14. The van der Waals surface area contributed by atoms with Crippen molar-refractivity contribution in [1.29, 1.82) is 0 Å². The standard InChI is InChI=1S/C14H21NO3S/c1-14(9-5-2-6-10-14)15-19(17,18)13-8-4-3-7-12(13)11-16/h3-4,7-8,15-16H,2,5-6,9-11H2,1H3. The molecule has 0 amide bonds. The fourth-order valence-electron chi connectivity index (χ4n) is 2.71. The van der Waals surface area contributed by atoms with Gasteiger partial charge in [-0.2, -0.15) is 0 Å². The SMILES string of the molecule is CC1(NS(=O)(=O)c2ccccc2CO)CCCCC1. The molecule has 0 heterocycles. The quantitative estimate of drug-likeness (QED) is 0.890. The van der Waals surface area contributed by atoms with Gasteiger partial charge < -0.3 is 5.11 Å². The lowest BCUT2D eigenvalue weighted by molar-refractivity contribution is 0.277. The van der Waals surface area contributed by atoms with Crippen molar-refractivity contribution in [2.45, 2.75) is 56.1 Å². The average Bonchev–Trinajstić information content (AvgIpc) is 2.38. The fraction of sp³-hybridized carbons (Fsp3) is 0.571. The molecule has 5 heteroatoms. The molecule has 2 N–H and O–H groups in total. The molecule has 0 aliphatic heterocycles. The van der Waals surface area contributed by atoms with Gasteiger partial charge in [-0.25, -0.2) is 13.1 Å². The Morgan fingerprint density at radius 2 is 1.84 bits per heavy atom. The maximum atomic E-state index is 12.5. The van der Waals surface area contributed by atoms with Crippen molar-refractivity contribution in [2.75, 3.05) is 0 Å². The van der Waals surface area contributed by atoms with E-state index in [1.165, 1.54) is 6.42 Å². The second kappa shape index (κ2) is 5.61. The van der Waals surface area contributed by atoms with Crippen LogP contribution in [0, 0.1) is 0 Å². The molecule has 0 bridgehead atoms. The maximum Gasteiger partial charge on any atom is 0.241 e. The highest BCUT2D eigenvalue weighted by Crippen LogP contribution is 2.29. The van der Waals surface area contributed by atoms with Crippen LogP contribution in [0.2, 0.25) is 0 Å². The number of nitrogens with one attached hydrogen (secondary N) is 1. The Kier molecular flexibility index (Phi) is 4.28. The summed E-state index contributed by atoms with van der Waals surface area (Å²) in [5.41, 5.74) is 0.0778. The molecule has 0 saturated heterocycles. The lowest BCUT2D eigenvalue weighted by Crippen LogP contribution is -2.47. The van der Waals surface area contributed by atoms with Gasteiger partial charge >= 0.3 is 0 Å². The van der Waals surface area contributed by atoms with Gasteiger partial charge in [0.15, 0.2) is 0 Å². The third kappa shape index (κ3) is 3.35. The highest BCUT2D eigenvalue weighted by Gasteiger charge is 2.32. The van der Waals surface area contributed by atoms with Crippen LogP contribution in [0.15, 0.2) is 29.2 Å². The summed E-state index contributed by atoms with van der Waals surface area (Å²) in [5.74, 6) is 0. The van der Waals surface area contributed by atoms with Gasteiger partial charge in [0.05, 0.1) is 11.5 Å². The first-order valence-electron chi connectivity index (χ1n) is 6.70. The summed E-state index contributed by atoms with van der Waals surface area (Å²) in [5, 5.41) is 9.26. The zero-order valence-electron chi connectivity index (χ0n) is 11.2. The van der Waals surface area contributed by atoms with Crippen LogP contribution in [0.25, 0.3) is 0 Å². The first-order chi connectivity index (χ1) is 8.97. The predicted molar refractivity (Wildman–Crippen MR) is 74.2 cm³/mol. The number of benzene rings is 1. The van der Waals surface area contributed by atoms with Gasteiger partial charge in [0, 0.05) is 5.54 Å². The molecule has 1 aliphatic rings. The molecule has 1 aromatic carbocycles. The highest BCUT2D eigenvalue weighted by atomic mass is 32.2. The van der Waals surface area contributed by atoms with Crippen molar-refractivity contribution in [2.24, 2.45) is 0 Å². The minimum absolute atomic E-state index is 0.185. The van der Waals surface area contributed by atoms with Crippen LogP contribution >= 0.6 is 0 Å². The zero-order valence-corrected chi connectivity index (χ0v) is 12.0. The van der Waals surface area contributed by atoms with E-state index in [-0.39, 0.29) is 17.0 Å². The summed E-state index contributed by atoms with van der Waals surface area (Å²) in [6.07, 6.45) is 5.02. The third-order valence-corrected chi connectivity index (χ3v) is 5.51. The average molecular weight is 283 g/mol. The van der Waals surface area contributed by atoms with E-state index in [4.69, 9.17) is 0 Å². The lowest BCUT2D eigenvalue weighted by atomic mass is 9.84. The Morgan fingerprint density at radius 1 is 1.21 bits per heavy atom. The predicted octanol–water partition coefficient (Wildman–Crippen LogP) is 2.18. The monoisotopic (exact) mass is 283 g/mol. The fourth-order valence-corrected chi connectivity index (χ4v) is 4.41. The summed E-state index contributed by atoms with van der Waals surface area (Å²) in [7, 11) is -3.57. The molecule has 0 atom stereocenters. The summed E-state index contributed by atoms with van der Waals surface area (Å²) < 4.78 is 27.7. The number of aliphatic hydroxyl groups excluding tert-OH is 1. The Morgan fingerprint density at radius 3 is 2.47 bits per heavy atom. The molecule has 4 nitrogen and oxygen atoms in total. The van der Waals surface area contributed by atoms with Crippen molar-refractivity contribution >= 4 is 10.0 Å². The Balaban J connectivity index is 2.27. The molecule has 1 fully saturated rings.